The highest BCUT2D eigenvalue weighted by Crippen LogP contribution is 2.65. The van der Waals surface area contributed by atoms with Crippen molar-refractivity contribution >= 4 is 5.78 Å². The number of allylic oxidation sites excluding steroid dienone is 2. The molecule has 6 nitrogen and oxygen atoms in total. The van der Waals surface area contributed by atoms with Gasteiger partial charge in [0.1, 0.15) is 5.78 Å². The van der Waals surface area contributed by atoms with E-state index in [9.17, 15) is 9.90 Å². The standard InChI is InChI=1S/C32H44O6/c1-29(2)19-35-28(36-20-29)23-18-30(16-21-6-5-12-32(17-21)37-14-15-38-32)24(8-9-26(30)33)22-10-13-31(34)11-4-3-7-25(31)27(22)23/h5-6,12,22-24,28,34H,3-4,7-11,13-20H2,1-2H3/t22-,23-,24-,30-,31?/m0/s1. The van der Waals surface area contributed by atoms with Crippen LogP contribution >= 0.6 is 0 Å². The average molecular weight is 525 g/mol. The van der Waals surface area contributed by atoms with Crippen molar-refractivity contribution in [3.8, 4) is 0 Å². The lowest BCUT2D eigenvalue weighted by Gasteiger charge is -2.56. The lowest BCUT2D eigenvalue weighted by atomic mass is 9.50. The largest absolute Gasteiger partial charge is 0.386 e. The molecule has 5 aliphatic carbocycles. The van der Waals surface area contributed by atoms with E-state index in [0.717, 1.165) is 57.8 Å². The molecule has 2 heterocycles. The molecule has 0 aromatic carbocycles. The zero-order chi connectivity index (χ0) is 26.2. The molecule has 5 fully saturated rings. The predicted octanol–water partition coefficient (Wildman–Crippen LogP) is 5.40. The van der Waals surface area contributed by atoms with Crippen LogP contribution in [0.15, 0.2) is 34.9 Å². The highest BCUT2D eigenvalue weighted by molar-refractivity contribution is 5.88. The number of ketones is 1. The zero-order valence-electron chi connectivity index (χ0n) is 23.1. The Hall–Kier alpha value is -1.31. The first-order valence-corrected chi connectivity index (χ1v) is 15.1. The van der Waals surface area contributed by atoms with E-state index in [0.29, 0.717) is 56.9 Å². The van der Waals surface area contributed by atoms with Gasteiger partial charge in [0.05, 0.1) is 32.0 Å². The Labute approximate surface area is 226 Å². The van der Waals surface area contributed by atoms with Crippen molar-refractivity contribution < 1.29 is 28.8 Å². The Kier molecular flexibility index (Phi) is 6.14. The minimum atomic E-state index is -0.681. The maximum Gasteiger partial charge on any atom is 0.192 e. The topological polar surface area (TPSA) is 74.2 Å². The van der Waals surface area contributed by atoms with Gasteiger partial charge in [0.2, 0.25) is 0 Å². The van der Waals surface area contributed by atoms with Crippen molar-refractivity contribution in [1.29, 1.82) is 0 Å². The van der Waals surface area contributed by atoms with Gasteiger partial charge in [-0.3, -0.25) is 4.79 Å². The second kappa shape index (κ2) is 9.10. The van der Waals surface area contributed by atoms with Crippen LogP contribution in [0.1, 0.15) is 84.5 Å². The van der Waals surface area contributed by atoms with Crippen LogP contribution in [0.2, 0.25) is 0 Å². The van der Waals surface area contributed by atoms with Crippen molar-refractivity contribution in [3.63, 3.8) is 0 Å². The quantitative estimate of drug-likeness (QED) is 0.498. The summed E-state index contributed by atoms with van der Waals surface area (Å²) in [6, 6.07) is 0. The molecule has 7 rings (SSSR count). The first-order chi connectivity index (χ1) is 18.2. The van der Waals surface area contributed by atoms with Crippen LogP contribution in [0.4, 0.5) is 0 Å². The summed E-state index contributed by atoms with van der Waals surface area (Å²) < 4.78 is 25.0. The van der Waals surface area contributed by atoms with Gasteiger partial charge in [-0.2, -0.15) is 0 Å². The molecule has 0 bridgehead atoms. The molecule has 208 valence electrons. The van der Waals surface area contributed by atoms with Crippen molar-refractivity contribution in [3.05, 3.63) is 34.9 Å². The van der Waals surface area contributed by atoms with Crippen LogP contribution in [0, 0.1) is 28.6 Å². The number of carbonyl (C=O) groups is 1. The zero-order valence-corrected chi connectivity index (χ0v) is 23.1. The fourth-order valence-electron chi connectivity index (χ4n) is 9.30. The maximum atomic E-state index is 14.0. The van der Waals surface area contributed by atoms with E-state index >= 15 is 0 Å². The smallest absolute Gasteiger partial charge is 0.192 e. The van der Waals surface area contributed by atoms with Crippen LogP contribution in [0.5, 0.6) is 0 Å². The number of carbonyl (C=O) groups excluding carboxylic acids is 1. The number of hydrogen-bond acceptors (Lipinski definition) is 6. The van der Waals surface area contributed by atoms with Gasteiger partial charge in [0.15, 0.2) is 12.1 Å². The number of Topliss-reactive ketones (excluding diaryl/α,β-unsaturated/α-hetero) is 1. The fourth-order valence-corrected chi connectivity index (χ4v) is 9.30. The van der Waals surface area contributed by atoms with Crippen LogP contribution < -0.4 is 0 Å². The lowest BCUT2D eigenvalue weighted by molar-refractivity contribution is -0.246. The van der Waals surface area contributed by atoms with Crippen LogP contribution in [-0.4, -0.2) is 55.0 Å². The van der Waals surface area contributed by atoms with Gasteiger partial charge < -0.3 is 24.1 Å². The lowest BCUT2D eigenvalue weighted by Crippen LogP contribution is -2.54. The van der Waals surface area contributed by atoms with E-state index in [2.05, 4.69) is 26.0 Å². The van der Waals surface area contributed by atoms with Gasteiger partial charge in [0.25, 0.3) is 0 Å². The monoisotopic (exact) mass is 524 g/mol. The summed E-state index contributed by atoms with van der Waals surface area (Å²) in [4.78, 5) is 14.0. The molecule has 6 heteroatoms. The summed E-state index contributed by atoms with van der Waals surface area (Å²) in [5.41, 5.74) is 2.83. The van der Waals surface area contributed by atoms with Crippen molar-refractivity contribution in [2.75, 3.05) is 26.4 Å². The van der Waals surface area contributed by atoms with E-state index in [1.807, 2.05) is 6.08 Å². The second-order valence-electron chi connectivity index (χ2n) is 14.1. The van der Waals surface area contributed by atoms with Crippen LogP contribution in [0.25, 0.3) is 0 Å². The third-order valence-electron chi connectivity index (χ3n) is 10.9. The predicted molar refractivity (Wildman–Crippen MR) is 142 cm³/mol. The first-order valence-electron chi connectivity index (χ1n) is 15.1. The molecular weight excluding hydrogens is 480 g/mol. The minimum absolute atomic E-state index is 0.0151. The van der Waals surface area contributed by atoms with Gasteiger partial charge in [-0.1, -0.05) is 37.1 Å². The molecule has 1 spiro atoms. The van der Waals surface area contributed by atoms with Crippen LogP contribution in [0.3, 0.4) is 0 Å². The highest BCUT2D eigenvalue weighted by atomic mass is 16.7. The summed E-state index contributed by atoms with van der Waals surface area (Å²) in [7, 11) is 0. The Morgan fingerprint density at radius 1 is 1.00 bits per heavy atom. The second-order valence-corrected chi connectivity index (χ2v) is 14.1. The summed E-state index contributed by atoms with van der Waals surface area (Å²) >= 11 is 0. The Balaban J connectivity index is 1.28. The summed E-state index contributed by atoms with van der Waals surface area (Å²) in [5.74, 6) is 0.401. The SMILES string of the molecule is CC1(C)COC([C@H]2C[C@]3(CC4=CC=CC5(C4)OCCO5)C(=O)CC[C@H]3[C@@H]3CCC4(O)CCCCC4=C32)OC1. The third-order valence-corrected chi connectivity index (χ3v) is 10.9. The highest BCUT2D eigenvalue weighted by Gasteiger charge is 2.62. The molecule has 2 aliphatic heterocycles. The fraction of sp³-hybridized carbons (Fsp3) is 0.781. The Bertz CT molecular complexity index is 1070. The molecule has 1 unspecified atom stereocenters. The molecule has 0 aromatic heterocycles. The average Bonchev–Trinajstić information content (AvgIpc) is 3.47. The van der Waals surface area contributed by atoms with Crippen molar-refractivity contribution in [2.24, 2.45) is 28.6 Å². The molecule has 3 saturated carbocycles. The van der Waals surface area contributed by atoms with Crippen LogP contribution in [-0.2, 0) is 23.7 Å². The van der Waals surface area contributed by atoms with E-state index in [1.165, 1.54) is 16.7 Å². The molecule has 0 aromatic rings. The van der Waals surface area contributed by atoms with Gasteiger partial charge in [-0.15, -0.1) is 0 Å². The van der Waals surface area contributed by atoms with E-state index in [1.54, 1.807) is 0 Å². The summed E-state index contributed by atoms with van der Waals surface area (Å²) in [6.45, 7) is 6.90. The number of hydrogen-bond donors (Lipinski definition) is 1. The van der Waals surface area contributed by atoms with E-state index in [4.69, 9.17) is 18.9 Å². The van der Waals surface area contributed by atoms with Gasteiger partial charge in [-0.05, 0) is 81.3 Å². The molecule has 0 amide bonds. The maximum absolute atomic E-state index is 14.0. The molecule has 38 heavy (non-hydrogen) atoms. The van der Waals surface area contributed by atoms with Gasteiger partial charge in [0, 0.05) is 29.6 Å². The number of rotatable bonds is 3. The summed E-state index contributed by atoms with van der Waals surface area (Å²) in [6.07, 6.45) is 15.6. The molecule has 1 N–H and O–H groups in total. The number of ether oxygens (including phenoxy) is 4. The molecule has 0 radical (unpaired) electrons. The molecule has 5 atom stereocenters. The van der Waals surface area contributed by atoms with E-state index in [-0.39, 0.29) is 17.6 Å². The molecule has 7 aliphatic rings. The normalized spacial score (nSPS) is 42.1. The first kappa shape index (κ1) is 25.6. The number of aliphatic hydroxyl groups is 1. The van der Waals surface area contributed by atoms with Gasteiger partial charge in [-0.25, -0.2) is 0 Å². The van der Waals surface area contributed by atoms with Crippen molar-refractivity contribution in [2.45, 2.75) is 102 Å². The summed E-state index contributed by atoms with van der Waals surface area (Å²) in [5, 5.41) is 11.8. The van der Waals surface area contributed by atoms with E-state index < -0.39 is 16.8 Å². The van der Waals surface area contributed by atoms with Crippen molar-refractivity contribution in [1.82, 2.24) is 0 Å². The third kappa shape index (κ3) is 4.04. The number of fused-ring (bicyclic) bond motifs is 4. The molecule has 2 saturated heterocycles. The van der Waals surface area contributed by atoms with Gasteiger partial charge >= 0.3 is 0 Å². The Morgan fingerprint density at radius 2 is 1.79 bits per heavy atom. The minimum Gasteiger partial charge on any atom is -0.386 e. The Morgan fingerprint density at radius 3 is 2.58 bits per heavy atom. The molecular formula is C32H44O6.